The summed E-state index contributed by atoms with van der Waals surface area (Å²) in [7, 11) is 0. The van der Waals surface area contributed by atoms with Crippen molar-refractivity contribution >= 4 is 11.0 Å². The summed E-state index contributed by atoms with van der Waals surface area (Å²) >= 11 is 0. The van der Waals surface area contributed by atoms with Crippen LogP contribution in [0.25, 0.3) is 11.0 Å². The minimum atomic E-state index is -0.515. The largest absolute Gasteiger partial charge is 0.387 e. The van der Waals surface area contributed by atoms with Gasteiger partial charge >= 0.3 is 0 Å². The Hall–Kier alpha value is -2.13. The van der Waals surface area contributed by atoms with Crippen LogP contribution >= 0.6 is 0 Å². The van der Waals surface area contributed by atoms with Gasteiger partial charge in [0.25, 0.3) is 0 Å². The van der Waals surface area contributed by atoms with Crippen molar-refractivity contribution in [3.63, 3.8) is 0 Å². The van der Waals surface area contributed by atoms with E-state index in [-0.39, 0.29) is 0 Å². The first-order valence-corrected chi connectivity index (χ1v) is 6.39. The van der Waals surface area contributed by atoms with E-state index < -0.39 is 6.10 Å². The summed E-state index contributed by atoms with van der Waals surface area (Å²) in [6.07, 6.45) is 1.27. The molecule has 1 N–H and O–H groups in total. The number of aromatic nitrogens is 2. The number of rotatable bonds is 3. The number of nitrogens with zero attached hydrogens (tertiary/aromatic N) is 2. The molecule has 0 radical (unpaired) electrons. The number of aliphatic hydroxyl groups is 1. The maximum Gasteiger partial charge on any atom is 0.0972 e. The normalized spacial score (nSPS) is 12.7. The van der Waals surface area contributed by atoms with Crippen molar-refractivity contribution in [3.05, 3.63) is 66.0 Å². The number of imidazole rings is 1. The minimum Gasteiger partial charge on any atom is -0.387 e. The highest BCUT2D eigenvalue weighted by Crippen LogP contribution is 2.21. The van der Waals surface area contributed by atoms with Gasteiger partial charge in [-0.15, -0.1) is 0 Å². The average Bonchev–Trinajstić information content (AvgIpc) is 2.83. The third-order valence-electron chi connectivity index (χ3n) is 3.44. The van der Waals surface area contributed by atoms with Gasteiger partial charge in [-0.05, 0) is 30.2 Å². The monoisotopic (exact) mass is 252 g/mol. The van der Waals surface area contributed by atoms with Crippen molar-refractivity contribution in [2.24, 2.45) is 0 Å². The van der Waals surface area contributed by atoms with Gasteiger partial charge < -0.3 is 9.67 Å². The molecule has 3 nitrogen and oxygen atoms in total. The van der Waals surface area contributed by atoms with E-state index in [1.54, 1.807) is 6.33 Å². The van der Waals surface area contributed by atoms with Crippen molar-refractivity contribution < 1.29 is 5.11 Å². The predicted molar refractivity (Wildman–Crippen MR) is 75.9 cm³/mol. The summed E-state index contributed by atoms with van der Waals surface area (Å²) in [6.45, 7) is 2.54. The third-order valence-corrected chi connectivity index (χ3v) is 3.44. The summed E-state index contributed by atoms with van der Waals surface area (Å²) in [4.78, 5) is 4.34. The summed E-state index contributed by atoms with van der Waals surface area (Å²) in [5.41, 5.74) is 4.09. The molecule has 96 valence electrons. The molecule has 0 aliphatic carbocycles. The first-order chi connectivity index (χ1) is 9.25. The van der Waals surface area contributed by atoms with E-state index in [0.29, 0.717) is 6.54 Å². The molecule has 0 fully saturated rings. The zero-order chi connectivity index (χ0) is 13.2. The van der Waals surface area contributed by atoms with Crippen LogP contribution in [-0.2, 0) is 6.54 Å². The second-order valence-electron chi connectivity index (χ2n) is 4.76. The molecule has 3 heteroatoms. The first-order valence-electron chi connectivity index (χ1n) is 6.39. The van der Waals surface area contributed by atoms with Crippen molar-refractivity contribution in [3.8, 4) is 0 Å². The lowest BCUT2D eigenvalue weighted by atomic mass is 10.0. The van der Waals surface area contributed by atoms with Crippen molar-refractivity contribution in [2.45, 2.75) is 19.6 Å². The number of fused-ring (bicyclic) bond motifs is 1. The number of para-hydroxylation sites is 2. The van der Waals surface area contributed by atoms with Gasteiger partial charge in [-0.25, -0.2) is 4.98 Å². The van der Waals surface area contributed by atoms with Gasteiger partial charge in [0, 0.05) is 0 Å². The second-order valence-corrected chi connectivity index (χ2v) is 4.76. The number of aliphatic hydroxyl groups excluding tert-OH is 1. The lowest BCUT2D eigenvalue weighted by molar-refractivity contribution is 0.157. The summed E-state index contributed by atoms with van der Waals surface area (Å²) in [6, 6.07) is 15.9. The average molecular weight is 252 g/mol. The van der Waals surface area contributed by atoms with E-state index in [2.05, 4.69) is 4.98 Å². The molecule has 1 heterocycles. The molecule has 3 rings (SSSR count). The molecule has 0 amide bonds. The Balaban J connectivity index is 1.91. The Bertz CT molecular complexity index is 703. The van der Waals surface area contributed by atoms with Crippen LogP contribution in [0.5, 0.6) is 0 Å². The van der Waals surface area contributed by atoms with E-state index in [1.807, 2.05) is 60.0 Å². The van der Waals surface area contributed by atoms with E-state index in [9.17, 15) is 5.11 Å². The van der Waals surface area contributed by atoms with E-state index in [1.165, 1.54) is 0 Å². The molecule has 0 aliphatic rings. The fraction of sp³-hybridized carbons (Fsp3) is 0.188. The molecule has 3 aromatic rings. The molecule has 0 bridgehead atoms. The molecule has 0 spiro atoms. The molecule has 2 aromatic carbocycles. The highest BCUT2D eigenvalue weighted by atomic mass is 16.3. The summed E-state index contributed by atoms with van der Waals surface area (Å²) in [5.74, 6) is 0. The Morgan fingerprint density at radius 3 is 2.68 bits per heavy atom. The maximum atomic E-state index is 10.4. The SMILES string of the molecule is Cc1ccccc1C(O)Cn1cnc2ccccc21. The fourth-order valence-corrected chi connectivity index (χ4v) is 2.40. The maximum absolute atomic E-state index is 10.4. The highest BCUT2D eigenvalue weighted by molar-refractivity contribution is 5.74. The number of benzene rings is 2. The number of aryl methyl sites for hydroxylation is 1. The molecule has 1 aromatic heterocycles. The molecule has 0 saturated carbocycles. The Kier molecular flexibility index (Phi) is 3.05. The van der Waals surface area contributed by atoms with E-state index in [4.69, 9.17) is 0 Å². The lowest BCUT2D eigenvalue weighted by Crippen LogP contribution is -2.09. The molecule has 19 heavy (non-hydrogen) atoms. The number of hydrogen-bond donors (Lipinski definition) is 1. The van der Waals surface area contributed by atoms with Crippen LogP contribution in [0.15, 0.2) is 54.9 Å². The van der Waals surface area contributed by atoms with Gasteiger partial charge in [-0.1, -0.05) is 36.4 Å². The van der Waals surface area contributed by atoms with Crippen LogP contribution < -0.4 is 0 Å². The molecule has 1 unspecified atom stereocenters. The molecular formula is C16H16N2O. The van der Waals surface area contributed by atoms with E-state index in [0.717, 1.165) is 22.2 Å². The van der Waals surface area contributed by atoms with Gasteiger partial charge in [0.1, 0.15) is 0 Å². The van der Waals surface area contributed by atoms with Crippen molar-refractivity contribution in [1.82, 2.24) is 9.55 Å². The zero-order valence-corrected chi connectivity index (χ0v) is 10.8. The summed E-state index contributed by atoms with van der Waals surface area (Å²) < 4.78 is 1.99. The first kappa shape index (κ1) is 11.9. The zero-order valence-electron chi connectivity index (χ0n) is 10.8. The van der Waals surface area contributed by atoms with Gasteiger partial charge in [-0.2, -0.15) is 0 Å². The lowest BCUT2D eigenvalue weighted by Gasteiger charge is -2.14. The minimum absolute atomic E-state index is 0.515. The van der Waals surface area contributed by atoms with Crippen LogP contribution in [0.2, 0.25) is 0 Å². The quantitative estimate of drug-likeness (QED) is 0.778. The highest BCUT2D eigenvalue weighted by Gasteiger charge is 2.12. The molecular weight excluding hydrogens is 236 g/mol. The van der Waals surface area contributed by atoms with Crippen LogP contribution in [0.1, 0.15) is 17.2 Å². The Morgan fingerprint density at radius 2 is 1.84 bits per heavy atom. The van der Waals surface area contributed by atoms with E-state index >= 15 is 0 Å². The van der Waals surface area contributed by atoms with Crippen molar-refractivity contribution in [1.29, 1.82) is 0 Å². The fourth-order valence-electron chi connectivity index (χ4n) is 2.40. The standard InChI is InChI=1S/C16H16N2O/c1-12-6-2-3-7-13(12)16(19)10-18-11-17-14-8-4-5-9-15(14)18/h2-9,11,16,19H,10H2,1H3. The van der Waals surface area contributed by atoms with Crippen LogP contribution in [0.3, 0.4) is 0 Å². The molecule has 1 atom stereocenters. The van der Waals surface area contributed by atoms with Crippen molar-refractivity contribution in [2.75, 3.05) is 0 Å². The van der Waals surface area contributed by atoms with Gasteiger partial charge in [0.15, 0.2) is 0 Å². The second kappa shape index (κ2) is 4.86. The third kappa shape index (κ3) is 2.25. The Morgan fingerprint density at radius 1 is 1.11 bits per heavy atom. The van der Waals surface area contributed by atoms with Crippen LogP contribution in [-0.4, -0.2) is 14.7 Å². The number of hydrogen-bond acceptors (Lipinski definition) is 2. The van der Waals surface area contributed by atoms with Gasteiger partial charge in [-0.3, -0.25) is 0 Å². The topological polar surface area (TPSA) is 38.0 Å². The van der Waals surface area contributed by atoms with Gasteiger partial charge in [0.2, 0.25) is 0 Å². The van der Waals surface area contributed by atoms with Crippen LogP contribution in [0.4, 0.5) is 0 Å². The smallest absolute Gasteiger partial charge is 0.0972 e. The molecule has 0 aliphatic heterocycles. The summed E-state index contributed by atoms with van der Waals surface area (Å²) in [5, 5.41) is 10.4. The Labute approximate surface area is 112 Å². The van der Waals surface area contributed by atoms with Crippen LogP contribution in [0, 0.1) is 6.92 Å². The predicted octanol–water partition coefficient (Wildman–Crippen LogP) is 3.08. The van der Waals surface area contributed by atoms with Gasteiger partial charge in [0.05, 0.1) is 30.0 Å². The molecule has 0 saturated heterocycles.